The number of rotatable bonds is 11. The predicted molar refractivity (Wildman–Crippen MR) is 161 cm³/mol. The number of imide groups is 1. The third-order valence-corrected chi connectivity index (χ3v) is 7.03. The van der Waals surface area contributed by atoms with Crippen LogP contribution in [-0.2, 0) is 32.1 Å². The summed E-state index contributed by atoms with van der Waals surface area (Å²) in [6, 6.07) is 17.1. The number of carbonyl (C=O) groups excluding carboxylic acids is 3. The Hall–Kier alpha value is -4.20. The van der Waals surface area contributed by atoms with Gasteiger partial charge >= 0.3 is 5.97 Å². The molecule has 222 valence electrons. The van der Waals surface area contributed by atoms with Crippen molar-refractivity contribution in [3.05, 3.63) is 82.7 Å². The van der Waals surface area contributed by atoms with E-state index in [1.54, 1.807) is 6.07 Å². The van der Waals surface area contributed by atoms with E-state index in [1.165, 1.54) is 11.0 Å². The van der Waals surface area contributed by atoms with Gasteiger partial charge in [-0.05, 0) is 105 Å². The number of aryl methyl sites for hydroxylation is 3. The lowest BCUT2D eigenvalue weighted by Gasteiger charge is -2.19. The number of hydrogen-bond acceptors (Lipinski definition) is 6. The molecule has 0 aliphatic carbocycles. The van der Waals surface area contributed by atoms with Crippen LogP contribution in [0.1, 0.15) is 62.3 Å². The molecule has 0 saturated carbocycles. The molecule has 1 N–H and O–H groups in total. The fourth-order valence-electron chi connectivity index (χ4n) is 5.12. The van der Waals surface area contributed by atoms with Crippen molar-refractivity contribution < 1.29 is 28.2 Å². The van der Waals surface area contributed by atoms with Crippen LogP contribution in [0.25, 0.3) is 11.1 Å². The minimum Gasteiger partial charge on any atom is -0.492 e. The average molecular weight is 575 g/mol. The second-order valence-electron chi connectivity index (χ2n) is 11.7. The van der Waals surface area contributed by atoms with Crippen LogP contribution < -0.4 is 10.1 Å². The van der Waals surface area contributed by atoms with Gasteiger partial charge in [-0.3, -0.25) is 19.3 Å². The summed E-state index contributed by atoms with van der Waals surface area (Å²) in [5, 5.41) is 3.29. The van der Waals surface area contributed by atoms with Crippen molar-refractivity contribution in [2.45, 2.75) is 72.4 Å². The van der Waals surface area contributed by atoms with Gasteiger partial charge in [0, 0.05) is 31.5 Å². The molecule has 0 aromatic heterocycles. The van der Waals surface area contributed by atoms with Crippen molar-refractivity contribution in [3.63, 3.8) is 0 Å². The molecular weight excluding hydrogens is 535 g/mol. The summed E-state index contributed by atoms with van der Waals surface area (Å²) >= 11 is 0. The lowest BCUT2D eigenvalue weighted by atomic mass is 9.94. The topological polar surface area (TPSA) is 84.9 Å². The smallest absolute Gasteiger partial charge is 0.306 e. The van der Waals surface area contributed by atoms with Crippen LogP contribution in [0.15, 0.2) is 54.6 Å². The van der Waals surface area contributed by atoms with Crippen LogP contribution in [-0.4, -0.2) is 41.4 Å². The summed E-state index contributed by atoms with van der Waals surface area (Å²) in [4.78, 5) is 36.9. The monoisotopic (exact) mass is 574 g/mol. The highest BCUT2D eigenvalue weighted by Gasteiger charge is 2.28. The maximum absolute atomic E-state index is 14.7. The number of hydrogen-bond donors (Lipinski definition) is 1. The molecule has 0 bridgehead atoms. The zero-order chi connectivity index (χ0) is 30.4. The molecule has 1 fully saturated rings. The lowest BCUT2D eigenvalue weighted by Crippen LogP contribution is -2.33. The summed E-state index contributed by atoms with van der Waals surface area (Å²) in [5.41, 5.74) is 5.88. The first-order valence-electron chi connectivity index (χ1n) is 14.3. The molecule has 4 rings (SSSR count). The minimum atomic E-state index is -0.560. The van der Waals surface area contributed by atoms with Gasteiger partial charge in [0.15, 0.2) is 0 Å². The Kier molecular flexibility index (Phi) is 9.66. The third-order valence-electron chi connectivity index (χ3n) is 7.03. The average Bonchev–Trinajstić information content (AvgIpc) is 3.22. The number of nitrogens with zero attached hydrogens (tertiary/aromatic N) is 1. The number of amides is 2. The number of esters is 1. The molecule has 1 saturated heterocycles. The van der Waals surface area contributed by atoms with E-state index < -0.39 is 5.60 Å². The van der Waals surface area contributed by atoms with E-state index >= 15 is 0 Å². The largest absolute Gasteiger partial charge is 0.492 e. The van der Waals surface area contributed by atoms with Crippen LogP contribution in [0.5, 0.6) is 5.75 Å². The molecule has 0 atom stereocenters. The van der Waals surface area contributed by atoms with Crippen LogP contribution in [0, 0.1) is 19.7 Å². The maximum Gasteiger partial charge on any atom is 0.306 e. The maximum atomic E-state index is 14.7. The quantitative estimate of drug-likeness (QED) is 0.207. The molecule has 42 heavy (non-hydrogen) atoms. The van der Waals surface area contributed by atoms with Crippen LogP contribution in [0.4, 0.5) is 10.1 Å². The van der Waals surface area contributed by atoms with Gasteiger partial charge in [-0.25, -0.2) is 4.39 Å². The van der Waals surface area contributed by atoms with E-state index in [4.69, 9.17) is 9.47 Å². The third kappa shape index (κ3) is 8.18. The molecule has 0 unspecified atom stereocenters. The Morgan fingerprint density at radius 3 is 2.31 bits per heavy atom. The lowest BCUT2D eigenvalue weighted by molar-refractivity contribution is -0.154. The Balaban J connectivity index is 1.35. The molecule has 2 amide bonds. The molecule has 8 heteroatoms. The molecule has 0 radical (unpaired) electrons. The van der Waals surface area contributed by atoms with E-state index in [2.05, 4.69) is 17.4 Å². The van der Waals surface area contributed by atoms with E-state index in [9.17, 15) is 18.8 Å². The van der Waals surface area contributed by atoms with E-state index in [0.29, 0.717) is 23.5 Å². The normalized spacial score (nSPS) is 13.4. The first-order valence-corrected chi connectivity index (χ1v) is 14.3. The molecule has 1 heterocycles. The summed E-state index contributed by atoms with van der Waals surface area (Å²) < 4.78 is 25.9. The number of nitrogens with one attached hydrogen (secondary N) is 1. The van der Waals surface area contributed by atoms with Gasteiger partial charge < -0.3 is 14.8 Å². The van der Waals surface area contributed by atoms with Crippen molar-refractivity contribution >= 4 is 23.5 Å². The summed E-state index contributed by atoms with van der Waals surface area (Å²) in [6.07, 6.45) is 0.964. The van der Waals surface area contributed by atoms with Crippen molar-refractivity contribution in [1.29, 1.82) is 0 Å². The fraction of sp³-hybridized carbons (Fsp3) is 0.382. The Labute approximate surface area is 247 Å². The fourth-order valence-corrected chi connectivity index (χ4v) is 5.12. The number of halogens is 1. The Bertz CT molecular complexity index is 1440. The molecule has 1 aliphatic heterocycles. The van der Waals surface area contributed by atoms with Gasteiger partial charge in [0.05, 0.1) is 6.54 Å². The van der Waals surface area contributed by atoms with Crippen LogP contribution in [0.3, 0.4) is 0 Å². The molecule has 7 nitrogen and oxygen atoms in total. The van der Waals surface area contributed by atoms with Gasteiger partial charge in [-0.15, -0.1) is 0 Å². The number of ether oxygens (including phenoxy) is 2. The second-order valence-corrected chi connectivity index (χ2v) is 11.7. The second kappa shape index (κ2) is 13.2. The molecule has 1 aliphatic rings. The zero-order valence-electron chi connectivity index (χ0n) is 25.0. The van der Waals surface area contributed by atoms with Crippen molar-refractivity contribution in [2.24, 2.45) is 0 Å². The Morgan fingerprint density at radius 2 is 1.67 bits per heavy atom. The van der Waals surface area contributed by atoms with E-state index in [1.807, 2.05) is 65.0 Å². The highest BCUT2D eigenvalue weighted by atomic mass is 19.1. The molecule has 3 aromatic rings. The van der Waals surface area contributed by atoms with Crippen molar-refractivity contribution in [3.8, 4) is 16.9 Å². The first-order chi connectivity index (χ1) is 19.9. The van der Waals surface area contributed by atoms with Gasteiger partial charge in [0.2, 0.25) is 11.8 Å². The standard InChI is InChI=1S/C34H39FN2O5/c1-22-17-28(41-16-15-37-30(38)12-13-31(37)39)18-23(2)33(22)26-8-6-7-24(19-26)21-36-27-11-9-25(29(35)20-27)10-14-32(40)42-34(3,4)5/h6-9,11,17-20,36H,10,12-16,21H2,1-5H3. The summed E-state index contributed by atoms with van der Waals surface area (Å²) in [5.74, 6) is -0.285. The highest BCUT2D eigenvalue weighted by Crippen LogP contribution is 2.32. The Morgan fingerprint density at radius 1 is 0.976 bits per heavy atom. The van der Waals surface area contributed by atoms with E-state index in [0.717, 1.165) is 27.8 Å². The number of likely N-dealkylation sites (tertiary alicyclic amines) is 1. The zero-order valence-corrected chi connectivity index (χ0v) is 25.0. The van der Waals surface area contributed by atoms with Crippen LogP contribution in [0.2, 0.25) is 0 Å². The van der Waals surface area contributed by atoms with Crippen molar-refractivity contribution in [1.82, 2.24) is 4.90 Å². The van der Waals surface area contributed by atoms with Gasteiger partial charge in [-0.2, -0.15) is 0 Å². The molecule has 0 spiro atoms. The van der Waals surface area contributed by atoms with E-state index in [-0.39, 0.29) is 62.4 Å². The SMILES string of the molecule is Cc1cc(OCCN2C(=O)CCC2=O)cc(C)c1-c1cccc(CNc2ccc(CCC(=O)OC(C)(C)C)c(F)c2)c1. The number of carbonyl (C=O) groups is 3. The predicted octanol–water partition coefficient (Wildman–Crippen LogP) is 6.52. The minimum absolute atomic E-state index is 0.125. The van der Waals surface area contributed by atoms with Crippen molar-refractivity contribution in [2.75, 3.05) is 18.5 Å². The summed E-state index contributed by atoms with van der Waals surface area (Å²) in [7, 11) is 0. The highest BCUT2D eigenvalue weighted by molar-refractivity contribution is 6.01. The molecule has 3 aromatic carbocycles. The van der Waals surface area contributed by atoms with Crippen LogP contribution >= 0.6 is 0 Å². The van der Waals surface area contributed by atoms with Gasteiger partial charge in [-0.1, -0.05) is 24.3 Å². The number of benzene rings is 3. The van der Waals surface area contributed by atoms with Gasteiger partial charge in [0.25, 0.3) is 0 Å². The first kappa shape index (κ1) is 30.8. The number of anilines is 1. The van der Waals surface area contributed by atoms with Gasteiger partial charge in [0.1, 0.15) is 23.8 Å². The molecular formula is C34H39FN2O5. The summed E-state index contributed by atoms with van der Waals surface area (Å²) in [6.45, 7) is 10.5.